The van der Waals surface area contributed by atoms with E-state index in [1.165, 1.54) is 25.7 Å². The number of alkyl halides is 1. The Morgan fingerprint density at radius 3 is 2.44 bits per heavy atom. The van der Waals surface area contributed by atoms with Crippen molar-refractivity contribution in [2.75, 3.05) is 5.33 Å². The van der Waals surface area contributed by atoms with E-state index in [1.54, 1.807) is 0 Å². The van der Waals surface area contributed by atoms with Crippen LogP contribution in [0.5, 0.6) is 0 Å². The Kier molecular flexibility index (Phi) is 7.10. The average Bonchev–Trinajstić information content (AvgIpc) is 2.56. The van der Waals surface area contributed by atoms with Crippen molar-refractivity contribution in [2.24, 2.45) is 5.92 Å². The molecule has 2 nitrogen and oxygen atoms in total. The van der Waals surface area contributed by atoms with Crippen LogP contribution in [0, 0.1) is 5.92 Å². The van der Waals surface area contributed by atoms with Crippen LogP contribution in [-0.2, 0) is 4.79 Å². The molecule has 1 fully saturated rings. The van der Waals surface area contributed by atoms with E-state index >= 15 is 0 Å². The van der Waals surface area contributed by atoms with E-state index in [1.807, 2.05) is 0 Å². The number of rotatable bonds is 5. The van der Waals surface area contributed by atoms with Gasteiger partial charge in [-0.05, 0) is 25.7 Å². The first kappa shape index (κ1) is 14.0. The molecule has 0 radical (unpaired) electrons. The number of nitrogens with one attached hydrogen (secondary N) is 1. The highest BCUT2D eigenvalue weighted by atomic mass is 79.9. The number of amides is 1. The SMILES string of the molecule is CCC(CCBr)NC(=O)C1CCCCCC1. The lowest BCUT2D eigenvalue weighted by Crippen LogP contribution is -2.38. The van der Waals surface area contributed by atoms with Crippen molar-refractivity contribution in [3.8, 4) is 0 Å². The van der Waals surface area contributed by atoms with Crippen molar-refractivity contribution in [1.29, 1.82) is 0 Å². The van der Waals surface area contributed by atoms with Crippen LogP contribution in [-0.4, -0.2) is 17.3 Å². The molecule has 1 unspecified atom stereocenters. The second-order valence-electron chi connectivity index (χ2n) is 4.78. The highest BCUT2D eigenvalue weighted by Gasteiger charge is 2.21. The number of carbonyl (C=O) groups excluding carboxylic acids is 1. The van der Waals surface area contributed by atoms with Gasteiger partial charge < -0.3 is 5.32 Å². The first-order valence-electron chi connectivity index (χ1n) is 6.64. The Balaban J connectivity index is 2.36. The zero-order valence-corrected chi connectivity index (χ0v) is 11.9. The molecule has 0 saturated heterocycles. The highest BCUT2D eigenvalue weighted by molar-refractivity contribution is 9.09. The van der Waals surface area contributed by atoms with Crippen LogP contribution >= 0.6 is 15.9 Å². The van der Waals surface area contributed by atoms with Crippen LogP contribution < -0.4 is 5.32 Å². The largest absolute Gasteiger partial charge is 0.353 e. The summed E-state index contributed by atoms with van der Waals surface area (Å²) in [6.45, 7) is 2.14. The molecular weight excluding hydrogens is 266 g/mol. The smallest absolute Gasteiger partial charge is 0.223 e. The first-order valence-corrected chi connectivity index (χ1v) is 7.76. The van der Waals surface area contributed by atoms with Gasteiger partial charge in [0.1, 0.15) is 0 Å². The van der Waals surface area contributed by atoms with Crippen molar-refractivity contribution in [3.05, 3.63) is 0 Å². The zero-order valence-electron chi connectivity index (χ0n) is 10.3. The average molecular weight is 290 g/mol. The van der Waals surface area contributed by atoms with Crippen molar-refractivity contribution in [1.82, 2.24) is 5.32 Å². The molecule has 1 rings (SSSR count). The third-order valence-corrected chi connectivity index (χ3v) is 3.98. The second-order valence-corrected chi connectivity index (χ2v) is 5.57. The Bertz CT molecular complexity index is 200. The van der Waals surface area contributed by atoms with Crippen LogP contribution in [0.3, 0.4) is 0 Å². The van der Waals surface area contributed by atoms with E-state index in [4.69, 9.17) is 0 Å². The van der Waals surface area contributed by atoms with Gasteiger partial charge in [0, 0.05) is 17.3 Å². The van der Waals surface area contributed by atoms with Gasteiger partial charge in [-0.25, -0.2) is 0 Å². The van der Waals surface area contributed by atoms with Gasteiger partial charge in [0.05, 0.1) is 0 Å². The molecule has 1 aliphatic rings. The lowest BCUT2D eigenvalue weighted by atomic mass is 9.98. The molecule has 0 aromatic rings. The van der Waals surface area contributed by atoms with Crippen LogP contribution in [0.4, 0.5) is 0 Å². The molecule has 0 aliphatic heterocycles. The van der Waals surface area contributed by atoms with Gasteiger partial charge in [-0.2, -0.15) is 0 Å². The Labute approximate surface area is 108 Å². The van der Waals surface area contributed by atoms with Crippen molar-refractivity contribution < 1.29 is 4.79 Å². The lowest BCUT2D eigenvalue weighted by molar-refractivity contribution is -0.126. The molecule has 0 spiro atoms. The normalized spacial score (nSPS) is 20.1. The third kappa shape index (κ3) is 4.86. The number of carbonyl (C=O) groups is 1. The summed E-state index contributed by atoms with van der Waals surface area (Å²) in [6, 6.07) is 0.357. The molecule has 0 aromatic heterocycles. The van der Waals surface area contributed by atoms with E-state index in [0.29, 0.717) is 11.9 Å². The monoisotopic (exact) mass is 289 g/mol. The maximum absolute atomic E-state index is 12.1. The van der Waals surface area contributed by atoms with E-state index in [-0.39, 0.29) is 5.92 Å². The molecule has 1 aliphatic carbocycles. The fourth-order valence-electron chi connectivity index (χ4n) is 2.37. The van der Waals surface area contributed by atoms with Gasteiger partial charge in [-0.3, -0.25) is 4.79 Å². The maximum atomic E-state index is 12.1. The van der Waals surface area contributed by atoms with Crippen LogP contribution in [0.25, 0.3) is 0 Å². The summed E-state index contributed by atoms with van der Waals surface area (Å²) in [5, 5.41) is 4.16. The summed E-state index contributed by atoms with van der Waals surface area (Å²) in [4.78, 5) is 12.1. The summed E-state index contributed by atoms with van der Waals surface area (Å²) < 4.78 is 0. The topological polar surface area (TPSA) is 29.1 Å². The third-order valence-electron chi connectivity index (χ3n) is 3.52. The predicted molar refractivity (Wildman–Crippen MR) is 71.8 cm³/mol. The van der Waals surface area contributed by atoms with Crippen LogP contribution in [0.15, 0.2) is 0 Å². The fraction of sp³-hybridized carbons (Fsp3) is 0.923. The predicted octanol–water partition coefficient (Wildman–Crippen LogP) is 3.64. The minimum atomic E-state index is 0.284. The van der Waals surface area contributed by atoms with Crippen molar-refractivity contribution >= 4 is 21.8 Å². The van der Waals surface area contributed by atoms with Crippen molar-refractivity contribution in [3.63, 3.8) is 0 Å². The quantitative estimate of drug-likeness (QED) is 0.608. The standard InChI is InChI=1S/C13H24BrNO/c1-2-12(9-10-14)15-13(16)11-7-5-3-4-6-8-11/h11-12H,2-10H2,1H3,(H,15,16). The molecule has 1 N–H and O–H groups in total. The first-order chi connectivity index (χ1) is 7.77. The zero-order chi connectivity index (χ0) is 11.8. The number of hydrogen-bond donors (Lipinski definition) is 1. The van der Waals surface area contributed by atoms with Gasteiger partial charge in [0.15, 0.2) is 0 Å². The van der Waals surface area contributed by atoms with Crippen LogP contribution in [0.2, 0.25) is 0 Å². The molecular formula is C13H24BrNO. The molecule has 1 atom stereocenters. The Morgan fingerprint density at radius 2 is 1.94 bits per heavy atom. The molecule has 0 bridgehead atoms. The molecule has 0 aromatic carbocycles. The molecule has 3 heteroatoms. The minimum Gasteiger partial charge on any atom is -0.353 e. The summed E-state index contributed by atoms with van der Waals surface area (Å²) in [5.41, 5.74) is 0. The van der Waals surface area contributed by atoms with Gasteiger partial charge in [0.2, 0.25) is 5.91 Å². The molecule has 1 amide bonds. The Morgan fingerprint density at radius 1 is 1.31 bits per heavy atom. The van der Waals surface area contributed by atoms with E-state index in [0.717, 1.165) is 31.0 Å². The summed E-state index contributed by atoms with van der Waals surface area (Å²) in [7, 11) is 0. The fourth-order valence-corrected chi connectivity index (χ4v) is 2.92. The molecule has 94 valence electrons. The summed E-state index contributed by atoms with van der Waals surface area (Å²) in [6.07, 6.45) is 9.33. The van der Waals surface area contributed by atoms with Gasteiger partial charge in [-0.1, -0.05) is 48.5 Å². The molecule has 1 saturated carbocycles. The van der Waals surface area contributed by atoms with Gasteiger partial charge >= 0.3 is 0 Å². The second kappa shape index (κ2) is 8.10. The molecule has 16 heavy (non-hydrogen) atoms. The summed E-state index contributed by atoms with van der Waals surface area (Å²) >= 11 is 3.44. The minimum absolute atomic E-state index is 0.284. The maximum Gasteiger partial charge on any atom is 0.223 e. The van der Waals surface area contributed by atoms with E-state index < -0.39 is 0 Å². The lowest BCUT2D eigenvalue weighted by Gasteiger charge is -2.20. The Hall–Kier alpha value is -0.0500. The number of halogens is 1. The summed E-state index contributed by atoms with van der Waals surface area (Å²) in [5.74, 6) is 0.585. The van der Waals surface area contributed by atoms with Gasteiger partial charge in [0.25, 0.3) is 0 Å². The highest BCUT2D eigenvalue weighted by Crippen LogP contribution is 2.23. The van der Waals surface area contributed by atoms with Crippen LogP contribution in [0.1, 0.15) is 58.3 Å². The van der Waals surface area contributed by atoms with Crippen molar-refractivity contribution in [2.45, 2.75) is 64.3 Å². The van der Waals surface area contributed by atoms with E-state index in [9.17, 15) is 4.79 Å². The number of hydrogen-bond acceptors (Lipinski definition) is 1. The molecule has 0 heterocycles. The van der Waals surface area contributed by atoms with Gasteiger partial charge in [-0.15, -0.1) is 0 Å². The van der Waals surface area contributed by atoms with E-state index in [2.05, 4.69) is 28.2 Å².